The third kappa shape index (κ3) is 6.42. The molecule has 0 aliphatic carbocycles. The van der Waals surface area contributed by atoms with Gasteiger partial charge < -0.3 is 20.1 Å². The Labute approximate surface area is 115 Å². The molecule has 6 nitrogen and oxygen atoms in total. The molecule has 0 aromatic heterocycles. The number of hydrogen-bond acceptors (Lipinski definition) is 3. The highest BCUT2D eigenvalue weighted by Crippen LogP contribution is 2.22. The van der Waals surface area contributed by atoms with E-state index in [1.807, 2.05) is 6.92 Å². The number of nitrogens with zero attached hydrogens (tertiary/aromatic N) is 1. The number of methoxy groups -OCH3 is 1. The molecular weight excluding hydrogens is 248 g/mol. The fraction of sp³-hybridized carbons (Fsp3) is 0.846. The zero-order chi connectivity index (χ0) is 15.2. The quantitative estimate of drug-likeness (QED) is 0.770. The molecule has 6 heteroatoms. The lowest BCUT2D eigenvalue weighted by Gasteiger charge is -2.35. The molecule has 0 fully saturated rings. The fourth-order valence-electron chi connectivity index (χ4n) is 1.52. The predicted octanol–water partition coefficient (Wildman–Crippen LogP) is 1.55. The van der Waals surface area contributed by atoms with Crippen LogP contribution in [0.4, 0.5) is 4.79 Å². The Balaban J connectivity index is 4.34. The van der Waals surface area contributed by atoms with Gasteiger partial charge in [-0.05, 0) is 12.3 Å². The van der Waals surface area contributed by atoms with E-state index in [1.165, 1.54) is 7.11 Å². The summed E-state index contributed by atoms with van der Waals surface area (Å²) < 4.78 is 5.00. The van der Waals surface area contributed by atoms with E-state index >= 15 is 0 Å². The molecule has 0 aromatic rings. The summed E-state index contributed by atoms with van der Waals surface area (Å²) in [6.07, 6.45) is -0.644. The standard InChI is InChI=1S/C13H26N2O4/c1-9(13(2,3)4)15(5)12(18)14-8-10(19-6)7-11(16)17/h9-10H,7-8H2,1-6H3,(H,14,18)(H,16,17). The first-order valence-electron chi connectivity index (χ1n) is 6.34. The summed E-state index contributed by atoms with van der Waals surface area (Å²) in [5.74, 6) is -0.947. The van der Waals surface area contributed by atoms with E-state index in [-0.39, 0.29) is 30.5 Å². The predicted molar refractivity (Wildman–Crippen MR) is 73.1 cm³/mol. The molecule has 112 valence electrons. The van der Waals surface area contributed by atoms with Crippen molar-refractivity contribution in [2.75, 3.05) is 20.7 Å². The Hall–Kier alpha value is -1.30. The highest BCUT2D eigenvalue weighted by molar-refractivity contribution is 5.74. The second kappa shape index (κ2) is 7.33. The molecule has 2 unspecified atom stereocenters. The molecule has 0 bridgehead atoms. The summed E-state index contributed by atoms with van der Waals surface area (Å²) in [5.41, 5.74) is -0.0200. The van der Waals surface area contributed by atoms with Gasteiger partial charge >= 0.3 is 12.0 Å². The van der Waals surface area contributed by atoms with E-state index in [2.05, 4.69) is 26.1 Å². The van der Waals surface area contributed by atoms with Gasteiger partial charge in [0.1, 0.15) is 0 Å². The molecule has 0 saturated heterocycles. The molecule has 2 atom stereocenters. The maximum Gasteiger partial charge on any atom is 0.317 e. The van der Waals surface area contributed by atoms with Gasteiger partial charge in [-0.3, -0.25) is 4.79 Å². The van der Waals surface area contributed by atoms with Crippen molar-refractivity contribution >= 4 is 12.0 Å². The minimum absolute atomic E-state index is 0.0200. The van der Waals surface area contributed by atoms with Gasteiger partial charge in [0.2, 0.25) is 0 Å². The molecule has 0 aliphatic rings. The monoisotopic (exact) mass is 274 g/mol. The molecular formula is C13H26N2O4. The van der Waals surface area contributed by atoms with E-state index in [0.717, 1.165) is 0 Å². The van der Waals surface area contributed by atoms with Crippen molar-refractivity contribution in [3.63, 3.8) is 0 Å². The average Bonchev–Trinajstić information content (AvgIpc) is 2.30. The number of urea groups is 1. The summed E-state index contributed by atoms with van der Waals surface area (Å²) in [6.45, 7) is 8.34. The highest BCUT2D eigenvalue weighted by atomic mass is 16.5. The number of carboxylic acid groups (broad SMARTS) is 1. The van der Waals surface area contributed by atoms with Gasteiger partial charge in [-0.15, -0.1) is 0 Å². The van der Waals surface area contributed by atoms with Gasteiger partial charge in [-0.2, -0.15) is 0 Å². The van der Waals surface area contributed by atoms with E-state index in [9.17, 15) is 9.59 Å². The molecule has 0 aromatic carbocycles. The van der Waals surface area contributed by atoms with Crippen LogP contribution >= 0.6 is 0 Å². The molecule has 2 N–H and O–H groups in total. The van der Waals surface area contributed by atoms with Crippen LogP contribution in [0.3, 0.4) is 0 Å². The number of carbonyl (C=O) groups is 2. The zero-order valence-corrected chi connectivity index (χ0v) is 12.7. The lowest BCUT2D eigenvalue weighted by atomic mass is 9.87. The van der Waals surface area contributed by atoms with Gasteiger partial charge in [0.05, 0.1) is 12.5 Å². The number of nitrogens with one attached hydrogen (secondary N) is 1. The number of aliphatic carboxylic acids is 1. The van der Waals surface area contributed by atoms with Crippen LogP contribution in [0.15, 0.2) is 0 Å². The molecule has 0 heterocycles. The normalized spacial score (nSPS) is 14.6. The summed E-state index contributed by atoms with van der Waals surface area (Å²) in [6, 6.07) is -0.164. The van der Waals surface area contributed by atoms with Crippen LogP contribution in [0.1, 0.15) is 34.1 Å². The molecule has 0 rings (SSSR count). The molecule has 0 radical (unpaired) electrons. The Morgan fingerprint density at radius 2 is 1.89 bits per heavy atom. The maximum absolute atomic E-state index is 11.9. The van der Waals surface area contributed by atoms with Crippen LogP contribution in [0.25, 0.3) is 0 Å². The van der Waals surface area contributed by atoms with Crippen molar-refractivity contribution in [1.82, 2.24) is 10.2 Å². The van der Waals surface area contributed by atoms with Crippen molar-refractivity contribution in [2.45, 2.75) is 46.3 Å². The first kappa shape index (κ1) is 17.7. The summed E-state index contributed by atoms with van der Waals surface area (Å²) in [5, 5.41) is 11.4. The minimum Gasteiger partial charge on any atom is -0.481 e. The van der Waals surface area contributed by atoms with Crippen LogP contribution in [-0.4, -0.2) is 54.9 Å². The number of amides is 2. The molecule has 0 saturated carbocycles. The topological polar surface area (TPSA) is 78.9 Å². The minimum atomic E-state index is -0.947. The SMILES string of the molecule is COC(CNC(=O)N(C)C(C)C(C)(C)C)CC(=O)O. The van der Waals surface area contributed by atoms with Crippen LogP contribution in [-0.2, 0) is 9.53 Å². The van der Waals surface area contributed by atoms with Gasteiger partial charge in [0, 0.05) is 26.7 Å². The second-order valence-electron chi connectivity index (χ2n) is 5.79. The van der Waals surface area contributed by atoms with Crippen LogP contribution in [0, 0.1) is 5.41 Å². The summed E-state index contributed by atoms with van der Waals surface area (Å²) in [4.78, 5) is 24.2. The number of ether oxygens (including phenoxy) is 1. The lowest BCUT2D eigenvalue weighted by molar-refractivity contribution is -0.139. The second-order valence-corrected chi connectivity index (χ2v) is 5.79. The van der Waals surface area contributed by atoms with Crippen molar-refractivity contribution in [1.29, 1.82) is 0 Å². The van der Waals surface area contributed by atoms with Crippen molar-refractivity contribution < 1.29 is 19.4 Å². The maximum atomic E-state index is 11.9. The fourth-order valence-corrected chi connectivity index (χ4v) is 1.52. The summed E-state index contributed by atoms with van der Waals surface area (Å²) >= 11 is 0. The van der Waals surface area contributed by atoms with E-state index in [4.69, 9.17) is 9.84 Å². The van der Waals surface area contributed by atoms with Crippen LogP contribution in [0.5, 0.6) is 0 Å². The molecule has 19 heavy (non-hydrogen) atoms. The third-order valence-electron chi connectivity index (χ3n) is 3.37. The first-order chi connectivity index (χ1) is 8.59. The smallest absolute Gasteiger partial charge is 0.317 e. The lowest BCUT2D eigenvalue weighted by Crippen LogP contribution is -2.49. The Kier molecular flexibility index (Phi) is 6.83. The van der Waals surface area contributed by atoms with Crippen LogP contribution < -0.4 is 5.32 Å². The molecule has 0 spiro atoms. The zero-order valence-electron chi connectivity index (χ0n) is 12.7. The van der Waals surface area contributed by atoms with E-state index < -0.39 is 12.1 Å². The third-order valence-corrected chi connectivity index (χ3v) is 3.37. The highest BCUT2D eigenvalue weighted by Gasteiger charge is 2.27. The van der Waals surface area contributed by atoms with Crippen molar-refractivity contribution in [3.8, 4) is 0 Å². The Morgan fingerprint density at radius 3 is 2.26 bits per heavy atom. The van der Waals surface area contributed by atoms with Crippen LogP contribution in [0.2, 0.25) is 0 Å². The summed E-state index contributed by atoms with van der Waals surface area (Å²) in [7, 11) is 3.16. The molecule has 0 aliphatic heterocycles. The van der Waals surface area contributed by atoms with E-state index in [0.29, 0.717) is 0 Å². The first-order valence-corrected chi connectivity index (χ1v) is 6.34. The van der Waals surface area contributed by atoms with Crippen molar-refractivity contribution in [2.24, 2.45) is 5.41 Å². The van der Waals surface area contributed by atoms with Crippen molar-refractivity contribution in [3.05, 3.63) is 0 Å². The van der Waals surface area contributed by atoms with Gasteiger partial charge in [-0.1, -0.05) is 20.8 Å². The number of carboxylic acids is 1. The van der Waals surface area contributed by atoms with E-state index in [1.54, 1.807) is 11.9 Å². The Morgan fingerprint density at radius 1 is 1.37 bits per heavy atom. The largest absolute Gasteiger partial charge is 0.481 e. The number of carbonyl (C=O) groups excluding carboxylic acids is 1. The number of hydrogen-bond donors (Lipinski definition) is 2. The van der Waals surface area contributed by atoms with Gasteiger partial charge in [0.15, 0.2) is 0 Å². The molecule has 2 amide bonds. The number of rotatable bonds is 6. The Bertz CT molecular complexity index is 312. The average molecular weight is 274 g/mol. The van der Waals surface area contributed by atoms with Gasteiger partial charge in [0.25, 0.3) is 0 Å². The van der Waals surface area contributed by atoms with Gasteiger partial charge in [-0.25, -0.2) is 4.79 Å².